The summed E-state index contributed by atoms with van der Waals surface area (Å²) >= 11 is 0. The van der Waals surface area contributed by atoms with Crippen LogP contribution in [0.3, 0.4) is 0 Å². The van der Waals surface area contributed by atoms with Gasteiger partial charge in [-0.25, -0.2) is 18.3 Å². The number of fused-ring (bicyclic) bond motifs is 1. The van der Waals surface area contributed by atoms with Gasteiger partial charge in [0, 0.05) is 31.5 Å². The maximum Gasteiger partial charge on any atom is 0.319 e. The van der Waals surface area contributed by atoms with Crippen molar-refractivity contribution in [2.45, 2.75) is 32.9 Å². The van der Waals surface area contributed by atoms with E-state index >= 15 is 0 Å². The summed E-state index contributed by atoms with van der Waals surface area (Å²) in [6, 6.07) is 6.60. The SMILES string of the molecule is CC(C)OCCOc1nc(N[C@@H](C)c2ccc(F)cc2F)cc(-c2cnn3cccnc23)n1.[HH]. The number of aromatic nitrogens is 5. The molecule has 3 heterocycles. The highest BCUT2D eigenvalue weighted by Gasteiger charge is 2.17. The van der Waals surface area contributed by atoms with Crippen molar-refractivity contribution in [2.75, 3.05) is 18.5 Å². The maximum atomic E-state index is 14.3. The van der Waals surface area contributed by atoms with Crippen molar-refractivity contribution in [3.05, 3.63) is 66.1 Å². The highest BCUT2D eigenvalue weighted by Crippen LogP contribution is 2.28. The minimum atomic E-state index is -0.640. The molecule has 0 spiro atoms. The predicted octanol–water partition coefficient (Wildman–Crippen LogP) is 4.69. The molecule has 1 aromatic carbocycles. The minimum absolute atomic E-state index is 0. The van der Waals surface area contributed by atoms with Crippen molar-refractivity contribution in [2.24, 2.45) is 0 Å². The molecular weight excluding hydrogens is 430 g/mol. The van der Waals surface area contributed by atoms with Gasteiger partial charge in [0.05, 0.1) is 36.2 Å². The first-order chi connectivity index (χ1) is 15.9. The van der Waals surface area contributed by atoms with E-state index in [9.17, 15) is 8.78 Å². The van der Waals surface area contributed by atoms with Crippen molar-refractivity contribution >= 4 is 11.5 Å². The molecule has 0 aliphatic carbocycles. The first-order valence-corrected chi connectivity index (χ1v) is 10.5. The van der Waals surface area contributed by atoms with Crippen molar-refractivity contribution in [1.82, 2.24) is 24.6 Å². The lowest BCUT2D eigenvalue weighted by Gasteiger charge is -2.17. The van der Waals surface area contributed by atoms with Gasteiger partial charge in [0.15, 0.2) is 5.65 Å². The molecule has 0 bridgehead atoms. The van der Waals surface area contributed by atoms with Crippen molar-refractivity contribution in [3.8, 4) is 17.3 Å². The van der Waals surface area contributed by atoms with E-state index in [1.165, 1.54) is 12.1 Å². The molecule has 174 valence electrons. The fraction of sp³-hybridized carbons (Fsp3) is 0.304. The van der Waals surface area contributed by atoms with Crippen LogP contribution in [0.15, 0.2) is 48.9 Å². The number of halogens is 2. The van der Waals surface area contributed by atoms with E-state index < -0.39 is 17.7 Å². The molecule has 1 atom stereocenters. The smallest absolute Gasteiger partial charge is 0.319 e. The fourth-order valence-corrected chi connectivity index (χ4v) is 3.28. The Hall–Kier alpha value is -3.66. The zero-order valence-electron chi connectivity index (χ0n) is 18.5. The Morgan fingerprint density at radius 1 is 1.12 bits per heavy atom. The van der Waals surface area contributed by atoms with E-state index in [4.69, 9.17) is 9.47 Å². The van der Waals surface area contributed by atoms with Gasteiger partial charge in [0.25, 0.3) is 0 Å². The van der Waals surface area contributed by atoms with E-state index in [1.807, 2.05) is 13.8 Å². The summed E-state index contributed by atoms with van der Waals surface area (Å²) < 4.78 is 40.4. The Morgan fingerprint density at radius 2 is 1.97 bits per heavy atom. The Kier molecular flexibility index (Phi) is 6.74. The van der Waals surface area contributed by atoms with E-state index in [0.717, 1.165) is 6.07 Å². The number of hydrogen-bond acceptors (Lipinski definition) is 7. The summed E-state index contributed by atoms with van der Waals surface area (Å²) in [5.41, 5.74) is 2.15. The molecule has 3 aromatic heterocycles. The molecule has 1 N–H and O–H groups in total. The zero-order valence-corrected chi connectivity index (χ0v) is 18.5. The van der Waals surface area contributed by atoms with Crippen LogP contribution in [0.25, 0.3) is 16.9 Å². The second kappa shape index (κ2) is 9.86. The summed E-state index contributed by atoms with van der Waals surface area (Å²) in [5.74, 6) is -0.864. The van der Waals surface area contributed by atoms with E-state index in [2.05, 4.69) is 25.4 Å². The first-order valence-electron chi connectivity index (χ1n) is 10.5. The van der Waals surface area contributed by atoms with Crippen LogP contribution in [0.5, 0.6) is 6.01 Å². The Morgan fingerprint density at radius 3 is 2.76 bits per heavy atom. The molecular formula is C23H26F2N6O2. The Labute approximate surface area is 191 Å². The number of ether oxygens (including phenoxy) is 2. The molecule has 0 fully saturated rings. The van der Waals surface area contributed by atoms with Crippen LogP contribution < -0.4 is 10.1 Å². The molecule has 0 unspecified atom stereocenters. The molecule has 8 nitrogen and oxygen atoms in total. The van der Waals surface area contributed by atoms with Gasteiger partial charge in [-0.2, -0.15) is 15.1 Å². The van der Waals surface area contributed by atoms with Gasteiger partial charge in [-0.15, -0.1) is 0 Å². The van der Waals surface area contributed by atoms with Crippen LogP contribution >= 0.6 is 0 Å². The second-order valence-electron chi connectivity index (χ2n) is 7.67. The van der Waals surface area contributed by atoms with Crippen molar-refractivity contribution in [3.63, 3.8) is 0 Å². The zero-order chi connectivity index (χ0) is 23.4. The maximum absolute atomic E-state index is 14.3. The third-order valence-corrected chi connectivity index (χ3v) is 4.82. The number of nitrogens with one attached hydrogen (secondary N) is 1. The lowest BCUT2D eigenvalue weighted by molar-refractivity contribution is 0.0532. The lowest BCUT2D eigenvalue weighted by atomic mass is 10.1. The molecule has 0 amide bonds. The summed E-state index contributed by atoms with van der Waals surface area (Å²) in [7, 11) is 0. The highest BCUT2D eigenvalue weighted by molar-refractivity contribution is 5.75. The normalized spacial score (nSPS) is 12.3. The quantitative estimate of drug-likeness (QED) is 0.366. The van der Waals surface area contributed by atoms with Gasteiger partial charge >= 0.3 is 6.01 Å². The molecule has 4 rings (SSSR count). The van der Waals surface area contributed by atoms with Crippen LogP contribution in [-0.2, 0) is 4.74 Å². The molecule has 33 heavy (non-hydrogen) atoms. The lowest BCUT2D eigenvalue weighted by Crippen LogP contribution is -2.14. The highest BCUT2D eigenvalue weighted by atomic mass is 19.1. The summed E-state index contributed by atoms with van der Waals surface area (Å²) in [6.07, 6.45) is 5.19. The summed E-state index contributed by atoms with van der Waals surface area (Å²) in [4.78, 5) is 13.3. The van der Waals surface area contributed by atoms with Crippen LogP contribution in [0, 0.1) is 11.6 Å². The van der Waals surface area contributed by atoms with Crippen LogP contribution in [0.4, 0.5) is 14.6 Å². The molecule has 0 radical (unpaired) electrons. The van der Waals surface area contributed by atoms with Gasteiger partial charge in [0.2, 0.25) is 0 Å². The van der Waals surface area contributed by atoms with Gasteiger partial charge in [-0.3, -0.25) is 0 Å². The number of benzene rings is 1. The first kappa shape index (κ1) is 22.5. The summed E-state index contributed by atoms with van der Waals surface area (Å²) in [6.45, 7) is 6.27. The van der Waals surface area contributed by atoms with Crippen molar-refractivity contribution < 1.29 is 19.7 Å². The molecule has 10 heteroatoms. The third kappa shape index (κ3) is 5.40. The second-order valence-corrected chi connectivity index (χ2v) is 7.67. The molecule has 0 saturated heterocycles. The average molecular weight is 456 g/mol. The van der Waals surface area contributed by atoms with E-state index in [0.29, 0.717) is 34.9 Å². The standard InChI is InChI=1S/C23H24F2N6O2.H2/c1-14(2)32-9-10-33-23-29-20(18-13-27-31-8-4-7-26-22(18)31)12-21(30-23)28-15(3)17-6-5-16(24)11-19(17)25;/h4-8,11-15H,9-10H2,1-3H3,(H,28,29,30);1H/t15-;/m0./s1. The van der Waals surface area contributed by atoms with Gasteiger partial charge in [-0.1, -0.05) is 6.07 Å². The topological polar surface area (TPSA) is 86.5 Å². The van der Waals surface area contributed by atoms with E-state index in [1.54, 1.807) is 42.2 Å². The van der Waals surface area contributed by atoms with Crippen LogP contribution in [0.2, 0.25) is 0 Å². The average Bonchev–Trinajstić information content (AvgIpc) is 3.20. The minimum Gasteiger partial charge on any atom is -0.461 e. The number of hydrogen-bond donors (Lipinski definition) is 1. The van der Waals surface area contributed by atoms with E-state index in [-0.39, 0.29) is 20.1 Å². The molecule has 0 aliphatic rings. The monoisotopic (exact) mass is 456 g/mol. The van der Waals surface area contributed by atoms with Crippen molar-refractivity contribution in [1.29, 1.82) is 0 Å². The summed E-state index contributed by atoms with van der Waals surface area (Å²) in [5, 5.41) is 7.45. The fourth-order valence-electron chi connectivity index (χ4n) is 3.28. The number of rotatable bonds is 9. The molecule has 0 saturated carbocycles. The number of nitrogens with zero attached hydrogens (tertiary/aromatic N) is 5. The largest absolute Gasteiger partial charge is 0.461 e. The molecule has 4 aromatic rings. The van der Waals surface area contributed by atoms with Crippen LogP contribution in [0.1, 0.15) is 33.8 Å². The number of anilines is 1. The predicted molar refractivity (Wildman–Crippen MR) is 121 cm³/mol. The van der Waals surface area contributed by atoms with Gasteiger partial charge in [0.1, 0.15) is 24.1 Å². The van der Waals surface area contributed by atoms with Gasteiger partial charge < -0.3 is 14.8 Å². The molecule has 0 aliphatic heterocycles. The van der Waals surface area contributed by atoms with Gasteiger partial charge in [-0.05, 0) is 32.9 Å². The Balaban J connectivity index is 0.00000324. The van der Waals surface area contributed by atoms with Crippen LogP contribution in [-0.4, -0.2) is 43.9 Å². The third-order valence-electron chi connectivity index (χ3n) is 4.82. The Bertz CT molecular complexity index is 1250.